The molecule has 0 aromatic heterocycles. The highest BCUT2D eigenvalue weighted by Gasteiger charge is 2.16. The molecule has 0 aliphatic rings. The lowest BCUT2D eigenvalue weighted by Gasteiger charge is -2.15. The van der Waals surface area contributed by atoms with Gasteiger partial charge in [0.15, 0.2) is 0 Å². The van der Waals surface area contributed by atoms with Crippen molar-refractivity contribution in [3.8, 4) is 11.5 Å². The molecule has 0 bridgehead atoms. The van der Waals surface area contributed by atoms with Gasteiger partial charge in [-0.2, -0.15) is 0 Å². The maximum atomic E-state index is 11.7. The number of ether oxygens (including phenoxy) is 2. The van der Waals surface area contributed by atoms with Crippen molar-refractivity contribution in [1.82, 2.24) is 5.32 Å². The number of hydrogen-bond acceptors (Lipinski definition) is 4. The van der Waals surface area contributed by atoms with Gasteiger partial charge in [-0.1, -0.05) is 11.6 Å². The zero-order valence-electron chi connectivity index (χ0n) is 11.2. The third-order valence-electron chi connectivity index (χ3n) is 2.44. The zero-order chi connectivity index (χ0) is 15.3. The maximum Gasteiger partial charge on any atom is 0.325 e. The number of carbonyl (C=O) groups excluding carboxylic acids is 1. The molecule has 0 aliphatic heterocycles. The van der Waals surface area contributed by atoms with E-state index in [0.717, 1.165) is 0 Å². The molecule has 0 saturated heterocycles. The Morgan fingerprint density at radius 3 is 2.35 bits per heavy atom. The molecule has 20 heavy (non-hydrogen) atoms. The topological polar surface area (TPSA) is 96.9 Å². The van der Waals surface area contributed by atoms with E-state index in [-0.39, 0.29) is 0 Å². The van der Waals surface area contributed by atoms with Gasteiger partial charge in [0.05, 0.1) is 24.9 Å². The third-order valence-corrected chi connectivity index (χ3v) is 2.74. The first-order valence-electron chi connectivity index (χ1n) is 5.60. The van der Waals surface area contributed by atoms with Gasteiger partial charge in [0.1, 0.15) is 17.5 Å². The number of methoxy groups -OCH3 is 2. The summed E-state index contributed by atoms with van der Waals surface area (Å²) in [4.78, 5) is 22.3. The average Bonchev–Trinajstić information content (AvgIpc) is 2.39. The third kappa shape index (κ3) is 3.92. The highest BCUT2D eigenvalue weighted by Crippen LogP contribution is 2.35. The molecule has 0 heterocycles. The smallest absolute Gasteiger partial charge is 0.325 e. The number of rotatable bonds is 5. The summed E-state index contributed by atoms with van der Waals surface area (Å²) in [6.45, 7) is 1.35. The summed E-state index contributed by atoms with van der Waals surface area (Å²) in [5, 5.41) is 13.8. The van der Waals surface area contributed by atoms with Crippen LogP contribution < -0.4 is 20.1 Å². The molecular formula is C12H15ClN2O5. The minimum Gasteiger partial charge on any atom is -0.495 e. The molecule has 0 spiro atoms. The van der Waals surface area contributed by atoms with Crippen molar-refractivity contribution in [2.45, 2.75) is 13.0 Å². The van der Waals surface area contributed by atoms with Crippen LogP contribution in [0.2, 0.25) is 5.02 Å². The van der Waals surface area contributed by atoms with Crippen molar-refractivity contribution >= 4 is 29.3 Å². The summed E-state index contributed by atoms with van der Waals surface area (Å²) in [6, 6.07) is 1.26. The summed E-state index contributed by atoms with van der Waals surface area (Å²) in [5.74, 6) is -0.455. The van der Waals surface area contributed by atoms with Gasteiger partial charge in [-0.25, -0.2) is 4.79 Å². The Hall–Kier alpha value is -2.15. The fourth-order valence-electron chi connectivity index (χ4n) is 1.37. The van der Waals surface area contributed by atoms with Gasteiger partial charge in [0, 0.05) is 12.1 Å². The fraction of sp³-hybridized carbons (Fsp3) is 0.333. The summed E-state index contributed by atoms with van der Waals surface area (Å²) < 4.78 is 10.1. The number of carboxylic acids is 1. The first kappa shape index (κ1) is 15.9. The van der Waals surface area contributed by atoms with Crippen LogP contribution in [0.15, 0.2) is 12.1 Å². The molecule has 7 nitrogen and oxygen atoms in total. The molecular weight excluding hydrogens is 288 g/mol. The Morgan fingerprint density at radius 2 is 1.85 bits per heavy atom. The summed E-state index contributed by atoms with van der Waals surface area (Å²) in [5.41, 5.74) is 0.309. The summed E-state index contributed by atoms with van der Waals surface area (Å²) in [7, 11) is 2.85. The van der Waals surface area contributed by atoms with Gasteiger partial charge in [-0.05, 0) is 6.92 Å². The predicted molar refractivity (Wildman–Crippen MR) is 73.8 cm³/mol. The number of nitrogens with one attached hydrogen (secondary N) is 2. The molecule has 1 rings (SSSR count). The van der Waals surface area contributed by atoms with Gasteiger partial charge in [0.2, 0.25) is 0 Å². The molecule has 0 fully saturated rings. The van der Waals surface area contributed by atoms with Crippen LogP contribution in [0.4, 0.5) is 10.5 Å². The quantitative estimate of drug-likeness (QED) is 0.772. The van der Waals surface area contributed by atoms with Crippen LogP contribution in [0.1, 0.15) is 6.92 Å². The van der Waals surface area contributed by atoms with Gasteiger partial charge in [0.25, 0.3) is 0 Å². The van der Waals surface area contributed by atoms with E-state index in [9.17, 15) is 9.59 Å². The second kappa shape index (κ2) is 6.85. The van der Waals surface area contributed by atoms with E-state index in [1.54, 1.807) is 0 Å². The molecule has 1 aromatic rings. The highest BCUT2D eigenvalue weighted by atomic mass is 35.5. The van der Waals surface area contributed by atoms with Crippen LogP contribution in [0.5, 0.6) is 11.5 Å². The van der Waals surface area contributed by atoms with E-state index in [1.807, 2.05) is 0 Å². The number of hydrogen-bond donors (Lipinski definition) is 3. The van der Waals surface area contributed by atoms with E-state index in [4.69, 9.17) is 26.2 Å². The molecule has 0 aliphatic carbocycles. The van der Waals surface area contributed by atoms with Crippen molar-refractivity contribution in [2.24, 2.45) is 0 Å². The van der Waals surface area contributed by atoms with E-state index < -0.39 is 18.0 Å². The van der Waals surface area contributed by atoms with Gasteiger partial charge < -0.3 is 25.2 Å². The molecule has 0 saturated carbocycles. The second-order valence-electron chi connectivity index (χ2n) is 3.85. The van der Waals surface area contributed by atoms with Gasteiger partial charge in [-0.3, -0.25) is 4.79 Å². The molecule has 1 aromatic carbocycles. The molecule has 0 unspecified atom stereocenters. The second-order valence-corrected chi connectivity index (χ2v) is 4.25. The van der Waals surface area contributed by atoms with Crippen LogP contribution in [0, 0.1) is 0 Å². The first-order valence-corrected chi connectivity index (χ1v) is 5.98. The number of amides is 2. The number of benzene rings is 1. The SMILES string of the molecule is COc1cc(NC(=O)N[C@@H](C)C(=O)O)c(OC)cc1Cl. The van der Waals surface area contributed by atoms with Crippen molar-refractivity contribution in [3.05, 3.63) is 17.2 Å². The lowest BCUT2D eigenvalue weighted by atomic mass is 10.2. The first-order chi connectivity index (χ1) is 9.38. The maximum absolute atomic E-state index is 11.7. The van der Waals surface area contributed by atoms with Crippen LogP contribution in [0.25, 0.3) is 0 Å². The summed E-state index contributed by atoms with van der Waals surface area (Å²) >= 11 is 5.93. The number of urea groups is 1. The summed E-state index contributed by atoms with van der Waals surface area (Å²) in [6.07, 6.45) is 0. The molecule has 1 atom stereocenters. The van der Waals surface area contributed by atoms with E-state index in [0.29, 0.717) is 22.2 Å². The molecule has 2 amide bonds. The predicted octanol–water partition coefficient (Wildman–Crippen LogP) is 1.95. The number of aliphatic carboxylic acids is 1. The van der Waals surface area contributed by atoms with Crippen molar-refractivity contribution in [1.29, 1.82) is 0 Å². The highest BCUT2D eigenvalue weighted by molar-refractivity contribution is 6.32. The number of halogens is 1. The van der Waals surface area contributed by atoms with Crippen LogP contribution in [-0.4, -0.2) is 37.4 Å². The van der Waals surface area contributed by atoms with Crippen LogP contribution in [-0.2, 0) is 4.79 Å². The minimum absolute atomic E-state index is 0.309. The fourth-order valence-corrected chi connectivity index (χ4v) is 1.61. The Balaban J connectivity index is 2.90. The van der Waals surface area contributed by atoms with Crippen molar-refractivity contribution in [3.63, 3.8) is 0 Å². The average molecular weight is 303 g/mol. The lowest BCUT2D eigenvalue weighted by molar-refractivity contribution is -0.138. The standard InChI is InChI=1S/C12H15ClN2O5/c1-6(11(16)17)14-12(18)15-8-5-9(19-2)7(13)4-10(8)20-3/h4-6H,1-3H3,(H,16,17)(H2,14,15,18)/t6-/m0/s1. The van der Waals surface area contributed by atoms with Crippen LogP contribution >= 0.6 is 11.6 Å². The number of carbonyl (C=O) groups is 2. The van der Waals surface area contributed by atoms with Gasteiger partial charge in [-0.15, -0.1) is 0 Å². The van der Waals surface area contributed by atoms with E-state index in [1.165, 1.54) is 33.3 Å². The number of anilines is 1. The molecule has 3 N–H and O–H groups in total. The van der Waals surface area contributed by atoms with Crippen LogP contribution in [0.3, 0.4) is 0 Å². The monoisotopic (exact) mass is 302 g/mol. The zero-order valence-corrected chi connectivity index (χ0v) is 11.9. The lowest BCUT2D eigenvalue weighted by Crippen LogP contribution is -2.40. The normalized spacial score (nSPS) is 11.4. The molecule has 110 valence electrons. The van der Waals surface area contributed by atoms with Crippen molar-refractivity contribution < 1.29 is 24.2 Å². The Morgan fingerprint density at radius 1 is 1.25 bits per heavy atom. The Bertz CT molecular complexity index is 521. The molecule has 0 radical (unpaired) electrons. The van der Waals surface area contributed by atoms with E-state index >= 15 is 0 Å². The Kier molecular flexibility index (Phi) is 5.45. The van der Waals surface area contributed by atoms with E-state index in [2.05, 4.69) is 10.6 Å². The number of carboxylic acid groups (broad SMARTS) is 1. The molecule has 8 heteroatoms. The van der Waals surface area contributed by atoms with Gasteiger partial charge >= 0.3 is 12.0 Å². The Labute approximate surface area is 120 Å². The van der Waals surface area contributed by atoms with Crippen molar-refractivity contribution in [2.75, 3.05) is 19.5 Å². The minimum atomic E-state index is -1.14. The largest absolute Gasteiger partial charge is 0.495 e.